The van der Waals surface area contributed by atoms with Crippen molar-refractivity contribution in [2.45, 2.75) is 0 Å². The van der Waals surface area contributed by atoms with Crippen LogP contribution in [-0.2, 0) is 14.8 Å². The van der Waals surface area contributed by atoms with E-state index in [0.29, 0.717) is 36.9 Å². The number of hydrogen-bond donors (Lipinski definition) is 0. The highest BCUT2D eigenvalue weighted by molar-refractivity contribution is 9.10. The molecule has 1 heterocycles. The SMILES string of the molecule is CS(=O)(=O)N(CC(=O)N1CCN(c2cccc(Cl)c2)CC1)c1cccc(Br)c1. The summed E-state index contributed by atoms with van der Waals surface area (Å²) in [4.78, 5) is 16.6. The highest BCUT2D eigenvalue weighted by Crippen LogP contribution is 2.23. The fourth-order valence-electron chi connectivity index (χ4n) is 3.14. The average Bonchev–Trinajstić information content (AvgIpc) is 2.65. The Morgan fingerprint density at radius 2 is 1.79 bits per heavy atom. The van der Waals surface area contributed by atoms with Gasteiger partial charge >= 0.3 is 0 Å². The number of hydrogen-bond acceptors (Lipinski definition) is 4. The smallest absolute Gasteiger partial charge is 0.243 e. The van der Waals surface area contributed by atoms with Crippen molar-refractivity contribution >= 4 is 54.8 Å². The molecule has 0 aromatic heterocycles. The standard InChI is InChI=1S/C19H21BrClN3O3S/c1-28(26,27)24(18-7-2-4-15(20)12-18)14-19(25)23-10-8-22(9-11-23)17-6-3-5-16(21)13-17/h2-7,12-13H,8-11,14H2,1H3. The van der Waals surface area contributed by atoms with Gasteiger partial charge in [0.2, 0.25) is 15.9 Å². The number of benzene rings is 2. The number of anilines is 2. The highest BCUT2D eigenvalue weighted by Gasteiger charge is 2.26. The van der Waals surface area contributed by atoms with Crippen LogP contribution < -0.4 is 9.21 Å². The lowest BCUT2D eigenvalue weighted by Gasteiger charge is -2.37. The van der Waals surface area contributed by atoms with Crippen molar-refractivity contribution in [1.29, 1.82) is 0 Å². The fourth-order valence-corrected chi connectivity index (χ4v) is 4.55. The average molecular weight is 487 g/mol. The molecule has 0 spiro atoms. The summed E-state index contributed by atoms with van der Waals surface area (Å²) in [6.45, 7) is 2.18. The van der Waals surface area contributed by atoms with Crippen LogP contribution in [0, 0.1) is 0 Å². The number of halogens is 2. The van der Waals surface area contributed by atoms with E-state index in [-0.39, 0.29) is 12.5 Å². The van der Waals surface area contributed by atoms with Crippen molar-refractivity contribution < 1.29 is 13.2 Å². The summed E-state index contributed by atoms with van der Waals surface area (Å²) in [6, 6.07) is 14.5. The highest BCUT2D eigenvalue weighted by atomic mass is 79.9. The zero-order chi connectivity index (χ0) is 20.3. The first-order valence-corrected chi connectivity index (χ1v) is 11.8. The molecule has 1 saturated heterocycles. The summed E-state index contributed by atoms with van der Waals surface area (Å²) >= 11 is 9.40. The van der Waals surface area contributed by atoms with Crippen LogP contribution in [-0.4, -0.2) is 58.2 Å². The molecule has 1 aliphatic heterocycles. The summed E-state index contributed by atoms with van der Waals surface area (Å²) in [7, 11) is -3.59. The van der Waals surface area contributed by atoms with Crippen LogP contribution >= 0.6 is 27.5 Å². The van der Waals surface area contributed by atoms with Crippen molar-refractivity contribution in [2.75, 3.05) is 48.2 Å². The minimum atomic E-state index is -3.59. The molecule has 0 atom stereocenters. The predicted molar refractivity (Wildman–Crippen MR) is 117 cm³/mol. The van der Waals surface area contributed by atoms with Crippen molar-refractivity contribution in [3.05, 3.63) is 58.0 Å². The molecule has 2 aromatic rings. The van der Waals surface area contributed by atoms with Gasteiger partial charge in [0.15, 0.2) is 0 Å². The van der Waals surface area contributed by atoms with Crippen LogP contribution in [0.5, 0.6) is 0 Å². The van der Waals surface area contributed by atoms with Gasteiger partial charge in [-0.15, -0.1) is 0 Å². The van der Waals surface area contributed by atoms with Gasteiger partial charge in [-0.3, -0.25) is 9.10 Å². The minimum absolute atomic E-state index is 0.212. The zero-order valence-corrected chi connectivity index (χ0v) is 18.5. The maximum Gasteiger partial charge on any atom is 0.243 e. The molecule has 3 rings (SSSR count). The molecule has 28 heavy (non-hydrogen) atoms. The molecule has 1 aliphatic rings. The summed E-state index contributed by atoms with van der Waals surface area (Å²) in [5.74, 6) is -0.212. The van der Waals surface area contributed by atoms with Crippen molar-refractivity contribution in [3.63, 3.8) is 0 Å². The van der Waals surface area contributed by atoms with Gasteiger partial charge < -0.3 is 9.80 Å². The van der Waals surface area contributed by atoms with E-state index in [0.717, 1.165) is 20.7 Å². The predicted octanol–water partition coefficient (Wildman–Crippen LogP) is 3.22. The molecule has 9 heteroatoms. The van der Waals surface area contributed by atoms with Gasteiger partial charge in [0.05, 0.1) is 11.9 Å². The van der Waals surface area contributed by atoms with Gasteiger partial charge in [0.1, 0.15) is 6.54 Å². The van der Waals surface area contributed by atoms with E-state index in [1.807, 2.05) is 24.3 Å². The molecule has 1 amide bonds. The Bertz CT molecular complexity index is 962. The van der Waals surface area contributed by atoms with Gasteiger partial charge in [0.25, 0.3) is 0 Å². The topological polar surface area (TPSA) is 60.9 Å². The van der Waals surface area contributed by atoms with E-state index in [9.17, 15) is 13.2 Å². The Labute approximate surface area is 178 Å². The number of sulfonamides is 1. The molecule has 1 fully saturated rings. The Balaban J connectivity index is 1.67. The van der Waals surface area contributed by atoms with Crippen LogP contribution in [0.1, 0.15) is 0 Å². The Kier molecular flexibility index (Phi) is 6.52. The third kappa shape index (κ3) is 5.18. The van der Waals surface area contributed by atoms with Gasteiger partial charge in [-0.25, -0.2) is 8.42 Å². The van der Waals surface area contributed by atoms with E-state index < -0.39 is 10.0 Å². The maximum absolute atomic E-state index is 12.8. The second-order valence-electron chi connectivity index (χ2n) is 6.60. The number of carbonyl (C=O) groups is 1. The van der Waals surface area contributed by atoms with Crippen LogP contribution in [0.15, 0.2) is 53.0 Å². The van der Waals surface area contributed by atoms with Crippen LogP contribution in [0.25, 0.3) is 0 Å². The van der Waals surface area contributed by atoms with E-state index in [4.69, 9.17) is 11.6 Å². The number of piperazine rings is 1. The third-order valence-corrected chi connectivity index (χ3v) is 6.45. The number of rotatable bonds is 5. The van der Waals surface area contributed by atoms with Gasteiger partial charge in [-0.1, -0.05) is 39.7 Å². The molecule has 0 saturated carbocycles. The zero-order valence-electron chi connectivity index (χ0n) is 15.4. The quantitative estimate of drug-likeness (QED) is 0.651. The molecule has 0 aliphatic carbocycles. The van der Waals surface area contributed by atoms with Crippen LogP contribution in [0.2, 0.25) is 5.02 Å². The van der Waals surface area contributed by atoms with Crippen molar-refractivity contribution in [3.8, 4) is 0 Å². The monoisotopic (exact) mass is 485 g/mol. The third-order valence-electron chi connectivity index (χ3n) is 4.58. The molecule has 2 aromatic carbocycles. The molecule has 0 N–H and O–H groups in total. The summed E-state index contributed by atoms with van der Waals surface area (Å²) < 4.78 is 26.4. The van der Waals surface area contributed by atoms with Crippen LogP contribution in [0.4, 0.5) is 11.4 Å². The summed E-state index contributed by atoms with van der Waals surface area (Å²) in [5.41, 5.74) is 1.48. The molecule has 0 unspecified atom stereocenters. The normalized spacial score (nSPS) is 14.8. The molecule has 6 nitrogen and oxygen atoms in total. The lowest BCUT2D eigenvalue weighted by atomic mass is 10.2. The first kappa shape index (κ1) is 21.0. The van der Waals surface area contributed by atoms with Crippen LogP contribution in [0.3, 0.4) is 0 Å². The first-order chi connectivity index (χ1) is 13.2. The van der Waals surface area contributed by atoms with Crippen molar-refractivity contribution in [1.82, 2.24) is 4.90 Å². The molecular weight excluding hydrogens is 466 g/mol. The fraction of sp³-hybridized carbons (Fsp3) is 0.316. The molecule has 150 valence electrons. The lowest BCUT2D eigenvalue weighted by Crippen LogP contribution is -2.52. The Morgan fingerprint density at radius 1 is 1.11 bits per heavy atom. The molecule has 0 bridgehead atoms. The Hall–Kier alpha value is -1.77. The number of nitrogens with zero attached hydrogens (tertiary/aromatic N) is 3. The van der Waals surface area contributed by atoms with E-state index >= 15 is 0 Å². The lowest BCUT2D eigenvalue weighted by molar-refractivity contribution is -0.129. The number of carbonyl (C=O) groups excluding carboxylic acids is 1. The maximum atomic E-state index is 12.8. The van der Waals surface area contributed by atoms with E-state index in [2.05, 4.69) is 20.8 Å². The number of amides is 1. The van der Waals surface area contributed by atoms with E-state index in [1.165, 1.54) is 0 Å². The largest absolute Gasteiger partial charge is 0.368 e. The second-order valence-corrected chi connectivity index (χ2v) is 9.86. The van der Waals surface area contributed by atoms with Gasteiger partial charge in [-0.2, -0.15) is 0 Å². The first-order valence-electron chi connectivity index (χ1n) is 8.75. The Morgan fingerprint density at radius 3 is 2.39 bits per heavy atom. The van der Waals surface area contributed by atoms with Gasteiger partial charge in [-0.05, 0) is 36.4 Å². The molecular formula is C19H21BrClN3O3S. The van der Waals surface area contributed by atoms with Crippen molar-refractivity contribution in [2.24, 2.45) is 0 Å². The van der Waals surface area contributed by atoms with E-state index in [1.54, 1.807) is 29.2 Å². The van der Waals surface area contributed by atoms with Gasteiger partial charge in [0, 0.05) is 41.4 Å². The minimum Gasteiger partial charge on any atom is -0.368 e. The summed E-state index contributed by atoms with van der Waals surface area (Å²) in [6.07, 6.45) is 1.11. The second kappa shape index (κ2) is 8.71. The summed E-state index contributed by atoms with van der Waals surface area (Å²) in [5, 5.41) is 0.675. The molecule has 0 radical (unpaired) electrons.